The zero-order valence-corrected chi connectivity index (χ0v) is 11.9. The molecule has 2 rings (SSSR count). The molecule has 3 nitrogen and oxygen atoms in total. The second-order valence-electron chi connectivity index (χ2n) is 4.72. The molecule has 4 heteroatoms. The molecule has 2 aromatic rings. The second-order valence-corrected chi connectivity index (χ2v) is 4.72. The van der Waals surface area contributed by atoms with Crippen LogP contribution in [-0.4, -0.2) is 14.2 Å². The molecule has 0 heterocycles. The predicted octanol–water partition coefficient (Wildman–Crippen LogP) is 3.62. The number of rotatable bonds is 4. The van der Waals surface area contributed by atoms with Crippen molar-refractivity contribution in [3.8, 4) is 5.75 Å². The summed E-state index contributed by atoms with van der Waals surface area (Å²) in [4.78, 5) is 1.97. The second kappa shape index (κ2) is 5.92. The van der Waals surface area contributed by atoms with Gasteiger partial charge in [0.2, 0.25) is 0 Å². The number of benzene rings is 2. The van der Waals surface area contributed by atoms with Crippen LogP contribution in [0.1, 0.15) is 18.5 Å². The third-order valence-electron chi connectivity index (χ3n) is 3.29. The molecule has 0 aliphatic rings. The maximum Gasteiger partial charge on any atom is 0.125 e. The van der Waals surface area contributed by atoms with Gasteiger partial charge in [-0.15, -0.1) is 0 Å². The van der Waals surface area contributed by atoms with Crippen molar-refractivity contribution >= 4 is 11.4 Å². The molecule has 1 atom stereocenters. The molecule has 0 bridgehead atoms. The Morgan fingerprint density at radius 1 is 1.15 bits per heavy atom. The molecule has 0 aliphatic carbocycles. The number of hydrogen-bond acceptors (Lipinski definition) is 3. The molecule has 0 saturated carbocycles. The van der Waals surface area contributed by atoms with Crippen molar-refractivity contribution in [3.63, 3.8) is 0 Å². The van der Waals surface area contributed by atoms with Crippen LogP contribution >= 0.6 is 0 Å². The van der Waals surface area contributed by atoms with Gasteiger partial charge < -0.3 is 15.4 Å². The number of nitrogens with two attached hydrogens (primary N) is 1. The van der Waals surface area contributed by atoms with Crippen LogP contribution < -0.4 is 15.4 Å². The van der Waals surface area contributed by atoms with Crippen LogP contribution in [-0.2, 0) is 0 Å². The minimum atomic E-state index is -0.250. The highest BCUT2D eigenvalue weighted by Gasteiger charge is 2.16. The average Bonchev–Trinajstić information content (AvgIpc) is 2.46. The highest BCUT2D eigenvalue weighted by Crippen LogP contribution is 2.36. The molecule has 2 aromatic carbocycles. The Morgan fingerprint density at radius 3 is 2.35 bits per heavy atom. The molecule has 0 spiro atoms. The molecular formula is C16H19FN2O. The summed E-state index contributed by atoms with van der Waals surface area (Å²) in [7, 11) is 3.55. The lowest BCUT2D eigenvalue weighted by molar-refractivity contribution is 0.407. The van der Waals surface area contributed by atoms with Gasteiger partial charge in [-0.1, -0.05) is 6.07 Å². The quantitative estimate of drug-likeness (QED) is 0.925. The Bertz CT molecular complexity index is 582. The van der Waals surface area contributed by atoms with Gasteiger partial charge in [0, 0.05) is 30.0 Å². The van der Waals surface area contributed by atoms with Gasteiger partial charge in [-0.3, -0.25) is 0 Å². The molecule has 106 valence electrons. The number of ether oxygens (including phenoxy) is 1. The maximum absolute atomic E-state index is 13.0. The maximum atomic E-state index is 13.0. The summed E-state index contributed by atoms with van der Waals surface area (Å²) in [6.45, 7) is 1.92. The molecule has 0 amide bonds. The fourth-order valence-electron chi connectivity index (χ4n) is 2.26. The summed E-state index contributed by atoms with van der Waals surface area (Å²) in [5.74, 6) is 0.506. The van der Waals surface area contributed by atoms with E-state index in [0.29, 0.717) is 0 Å². The molecule has 1 unspecified atom stereocenters. The van der Waals surface area contributed by atoms with Gasteiger partial charge in [0.05, 0.1) is 7.11 Å². The fraction of sp³-hybridized carbons (Fsp3) is 0.250. The Balaban J connectivity index is 2.48. The standard InChI is InChI=1S/C16H19FN2O/c1-11(18)16-14(5-4-6-15(16)20-3)19(2)13-9-7-12(17)8-10-13/h4-11H,18H2,1-3H3. The smallest absolute Gasteiger partial charge is 0.125 e. The van der Waals surface area contributed by atoms with E-state index in [1.807, 2.05) is 37.1 Å². The highest BCUT2D eigenvalue weighted by atomic mass is 19.1. The zero-order chi connectivity index (χ0) is 14.7. The summed E-state index contributed by atoms with van der Waals surface area (Å²) in [6, 6.07) is 12.0. The Hall–Kier alpha value is -2.07. The van der Waals surface area contributed by atoms with Gasteiger partial charge in [0.15, 0.2) is 0 Å². The minimum Gasteiger partial charge on any atom is -0.496 e. The average molecular weight is 274 g/mol. The van der Waals surface area contributed by atoms with Crippen LogP contribution in [0.4, 0.5) is 15.8 Å². The SMILES string of the molecule is COc1cccc(N(C)c2ccc(F)cc2)c1C(C)N. The van der Waals surface area contributed by atoms with Crippen molar-refractivity contribution in [2.24, 2.45) is 5.73 Å². The third-order valence-corrected chi connectivity index (χ3v) is 3.29. The lowest BCUT2D eigenvalue weighted by Gasteiger charge is -2.25. The van der Waals surface area contributed by atoms with Crippen molar-refractivity contribution in [1.29, 1.82) is 0 Å². The fourth-order valence-corrected chi connectivity index (χ4v) is 2.26. The molecule has 0 radical (unpaired) electrons. The summed E-state index contributed by atoms with van der Waals surface area (Å²) in [6.07, 6.45) is 0. The Labute approximate surface area is 118 Å². The zero-order valence-electron chi connectivity index (χ0n) is 11.9. The van der Waals surface area contributed by atoms with Gasteiger partial charge in [-0.2, -0.15) is 0 Å². The van der Waals surface area contributed by atoms with Crippen LogP contribution in [0.5, 0.6) is 5.75 Å². The molecule has 20 heavy (non-hydrogen) atoms. The van der Waals surface area contributed by atoms with E-state index >= 15 is 0 Å². The van der Waals surface area contributed by atoms with E-state index in [1.54, 1.807) is 19.2 Å². The molecule has 0 fully saturated rings. The van der Waals surface area contributed by atoms with E-state index in [1.165, 1.54) is 12.1 Å². The number of nitrogens with zero attached hydrogens (tertiary/aromatic N) is 1. The first-order chi connectivity index (χ1) is 9.54. The van der Waals surface area contributed by atoms with Crippen molar-refractivity contribution in [2.75, 3.05) is 19.1 Å². The van der Waals surface area contributed by atoms with Crippen LogP contribution in [0.3, 0.4) is 0 Å². The molecule has 2 N–H and O–H groups in total. The van der Waals surface area contributed by atoms with Crippen LogP contribution in [0.25, 0.3) is 0 Å². The number of anilines is 2. The van der Waals surface area contributed by atoms with E-state index < -0.39 is 0 Å². The topological polar surface area (TPSA) is 38.5 Å². The van der Waals surface area contributed by atoms with Crippen molar-refractivity contribution < 1.29 is 9.13 Å². The first-order valence-corrected chi connectivity index (χ1v) is 6.46. The first kappa shape index (κ1) is 14.3. The van der Waals surface area contributed by atoms with Crippen LogP contribution in [0.15, 0.2) is 42.5 Å². The van der Waals surface area contributed by atoms with Crippen molar-refractivity contribution in [1.82, 2.24) is 0 Å². The minimum absolute atomic E-state index is 0.163. The Kier molecular flexibility index (Phi) is 4.25. The van der Waals surface area contributed by atoms with Crippen molar-refractivity contribution in [3.05, 3.63) is 53.8 Å². The van der Waals surface area contributed by atoms with Gasteiger partial charge in [-0.05, 0) is 43.3 Å². The molecule has 0 saturated heterocycles. The van der Waals surface area contributed by atoms with Gasteiger partial charge in [-0.25, -0.2) is 4.39 Å². The number of methoxy groups -OCH3 is 1. The monoisotopic (exact) mass is 274 g/mol. The van der Waals surface area contributed by atoms with Gasteiger partial charge in [0.25, 0.3) is 0 Å². The summed E-state index contributed by atoms with van der Waals surface area (Å²) < 4.78 is 18.4. The normalized spacial score (nSPS) is 12.1. The number of hydrogen-bond donors (Lipinski definition) is 1. The van der Waals surface area contributed by atoms with Gasteiger partial charge >= 0.3 is 0 Å². The largest absolute Gasteiger partial charge is 0.496 e. The molecule has 0 aromatic heterocycles. The number of halogens is 1. The van der Waals surface area contributed by atoms with E-state index in [4.69, 9.17) is 10.5 Å². The van der Waals surface area contributed by atoms with Crippen LogP contribution in [0, 0.1) is 5.82 Å². The van der Waals surface area contributed by atoms with E-state index in [0.717, 1.165) is 22.7 Å². The van der Waals surface area contributed by atoms with Crippen molar-refractivity contribution in [2.45, 2.75) is 13.0 Å². The van der Waals surface area contributed by atoms with E-state index in [2.05, 4.69) is 0 Å². The highest BCUT2D eigenvalue weighted by molar-refractivity contribution is 5.69. The summed E-state index contributed by atoms with van der Waals surface area (Å²) >= 11 is 0. The summed E-state index contributed by atoms with van der Waals surface area (Å²) in [5.41, 5.74) is 8.84. The summed E-state index contributed by atoms with van der Waals surface area (Å²) in [5, 5.41) is 0. The lowest BCUT2D eigenvalue weighted by Crippen LogP contribution is -2.16. The van der Waals surface area contributed by atoms with E-state index in [-0.39, 0.29) is 11.9 Å². The van der Waals surface area contributed by atoms with E-state index in [9.17, 15) is 4.39 Å². The third kappa shape index (κ3) is 2.75. The first-order valence-electron chi connectivity index (χ1n) is 6.46. The molecule has 0 aliphatic heterocycles. The van der Waals surface area contributed by atoms with Crippen LogP contribution in [0.2, 0.25) is 0 Å². The molecular weight excluding hydrogens is 255 g/mol. The Morgan fingerprint density at radius 2 is 1.80 bits per heavy atom. The lowest BCUT2D eigenvalue weighted by atomic mass is 10.0. The van der Waals surface area contributed by atoms with Gasteiger partial charge in [0.1, 0.15) is 11.6 Å². The predicted molar refractivity (Wildman–Crippen MR) is 80.1 cm³/mol.